The molecule has 10 heteroatoms. The van der Waals surface area contributed by atoms with Gasteiger partial charge in [0.15, 0.2) is 0 Å². The largest absolute Gasteiger partial charge is 0.494 e. The van der Waals surface area contributed by atoms with E-state index in [0.717, 1.165) is 44.5 Å². The highest BCUT2D eigenvalue weighted by Crippen LogP contribution is 2.18. The van der Waals surface area contributed by atoms with Crippen molar-refractivity contribution in [3.05, 3.63) is 54.6 Å². The van der Waals surface area contributed by atoms with Gasteiger partial charge in [0, 0.05) is 24.0 Å². The Bertz CT molecular complexity index is 881. The standard InChI is InChI=1S/C19H30N2O4.C7H7NO2.ClH/c1-2-3-12-24-17-9-7-8-16(13-17)20-19(23)25-18(15-22)14-21-10-5-4-6-11-21;9-7(10)8-6-4-2-1-3-5-6;/h7-9,13,18,22H,2-6,10-12,14-15H2,1H3,(H,20,23);1-5,8H,(H,9,10);1H. The summed E-state index contributed by atoms with van der Waals surface area (Å²) >= 11 is 0. The van der Waals surface area contributed by atoms with Crippen molar-refractivity contribution < 1.29 is 29.3 Å². The van der Waals surface area contributed by atoms with Crippen LogP contribution in [0.1, 0.15) is 39.0 Å². The number of aliphatic hydroxyl groups is 1. The number of anilines is 2. The van der Waals surface area contributed by atoms with Crippen molar-refractivity contribution >= 4 is 36.0 Å². The van der Waals surface area contributed by atoms with Crippen molar-refractivity contribution in [3.8, 4) is 5.75 Å². The SMILES string of the molecule is CCCCOc1cccc(NC(=O)OC(CO)CN2CCCCC2)c1.Cl.O=C(O)Nc1ccccc1. The Morgan fingerprint density at radius 2 is 1.69 bits per heavy atom. The fourth-order valence-electron chi connectivity index (χ4n) is 3.50. The summed E-state index contributed by atoms with van der Waals surface area (Å²) in [5.74, 6) is 0.721. The summed E-state index contributed by atoms with van der Waals surface area (Å²) < 4.78 is 11.0. The number of unbranched alkanes of at least 4 members (excludes halogenated alkanes) is 1. The van der Waals surface area contributed by atoms with Crippen LogP contribution < -0.4 is 15.4 Å². The van der Waals surface area contributed by atoms with Crippen molar-refractivity contribution in [1.29, 1.82) is 0 Å². The van der Waals surface area contributed by atoms with Gasteiger partial charge in [0.2, 0.25) is 0 Å². The molecule has 1 fully saturated rings. The van der Waals surface area contributed by atoms with E-state index in [1.165, 1.54) is 6.42 Å². The summed E-state index contributed by atoms with van der Waals surface area (Å²) in [6.45, 7) is 5.16. The Balaban J connectivity index is 0.000000495. The van der Waals surface area contributed by atoms with Gasteiger partial charge in [-0.15, -0.1) is 12.4 Å². The number of amides is 2. The van der Waals surface area contributed by atoms with Crippen LogP contribution in [0, 0.1) is 0 Å². The zero-order valence-corrected chi connectivity index (χ0v) is 21.5. The number of nitrogens with zero attached hydrogens (tertiary/aromatic N) is 1. The van der Waals surface area contributed by atoms with Crippen LogP contribution in [0.3, 0.4) is 0 Å². The number of hydrogen-bond donors (Lipinski definition) is 4. The summed E-state index contributed by atoms with van der Waals surface area (Å²) in [4.78, 5) is 24.4. The van der Waals surface area contributed by atoms with Crippen LogP contribution in [0.5, 0.6) is 5.75 Å². The molecule has 0 aromatic heterocycles. The first-order valence-electron chi connectivity index (χ1n) is 12.1. The smallest absolute Gasteiger partial charge is 0.412 e. The first-order chi connectivity index (χ1) is 17.0. The molecular weight excluding hydrogens is 486 g/mol. The highest BCUT2D eigenvalue weighted by molar-refractivity contribution is 5.85. The predicted molar refractivity (Wildman–Crippen MR) is 143 cm³/mol. The van der Waals surface area contributed by atoms with E-state index in [-0.39, 0.29) is 19.0 Å². The number of hydrogen-bond acceptors (Lipinski definition) is 6. The minimum Gasteiger partial charge on any atom is -0.494 e. The Morgan fingerprint density at radius 3 is 2.33 bits per heavy atom. The van der Waals surface area contributed by atoms with Gasteiger partial charge in [-0.3, -0.25) is 15.5 Å². The van der Waals surface area contributed by atoms with E-state index in [2.05, 4.69) is 22.5 Å². The van der Waals surface area contributed by atoms with Gasteiger partial charge in [0.05, 0.1) is 13.2 Å². The lowest BCUT2D eigenvalue weighted by molar-refractivity contribution is 0.0366. The molecule has 1 unspecified atom stereocenters. The van der Waals surface area contributed by atoms with Crippen LogP contribution in [0.4, 0.5) is 21.0 Å². The van der Waals surface area contributed by atoms with Gasteiger partial charge in [-0.1, -0.05) is 44.0 Å². The lowest BCUT2D eigenvalue weighted by atomic mass is 10.1. The molecule has 36 heavy (non-hydrogen) atoms. The third kappa shape index (κ3) is 13.2. The molecule has 4 N–H and O–H groups in total. The monoisotopic (exact) mass is 523 g/mol. The molecule has 2 aromatic carbocycles. The average Bonchev–Trinajstić information content (AvgIpc) is 2.85. The van der Waals surface area contributed by atoms with E-state index in [0.29, 0.717) is 24.5 Å². The molecular formula is C26H38ClN3O6. The molecule has 0 aliphatic carbocycles. The zero-order chi connectivity index (χ0) is 25.3. The third-order valence-electron chi connectivity index (χ3n) is 5.26. The maximum absolute atomic E-state index is 12.1. The number of para-hydroxylation sites is 1. The molecule has 9 nitrogen and oxygen atoms in total. The van der Waals surface area contributed by atoms with Crippen molar-refractivity contribution in [1.82, 2.24) is 4.90 Å². The van der Waals surface area contributed by atoms with Crippen LogP contribution in [0.2, 0.25) is 0 Å². The number of halogens is 1. The van der Waals surface area contributed by atoms with E-state index >= 15 is 0 Å². The normalized spacial score (nSPS) is 13.7. The summed E-state index contributed by atoms with van der Waals surface area (Å²) in [5.41, 5.74) is 1.21. The zero-order valence-electron chi connectivity index (χ0n) is 20.7. The highest BCUT2D eigenvalue weighted by Gasteiger charge is 2.19. The summed E-state index contributed by atoms with van der Waals surface area (Å²) in [5, 5.41) is 22.7. The Kier molecular flexibility index (Phi) is 15.8. The second-order valence-electron chi connectivity index (χ2n) is 8.22. The number of carbonyl (C=O) groups is 2. The maximum atomic E-state index is 12.1. The molecule has 0 saturated carbocycles. The van der Waals surface area contributed by atoms with E-state index in [1.807, 2.05) is 18.2 Å². The summed E-state index contributed by atoms with van der Waals surface area (Å²) in [6.07, 6.45) is 3.54. The number of carbonyl (C=O) groups excluding carboxylic acids is 1. The first kappa shape index (κ1) is 31.0. The van der Waals surface area contributed by atoms with Crippen molar-refractivity contribution in [2.45, 2.75) is 45.1 Å². The quantitative estimate of drug-likeness (QED) is 0.305. The highest BCUT2D eigenvalue weighted by atomic mass is 35.5. The number of rotatable bonds is 10. The minimum atomic E-state index is -1.04. The Hall–Kier alpha value is -3.01. The van der Waals surface area contributed by atoms with Crippen molar-refractivity contribution in [3.63, 3.8) is 0 Å². The molecule has 1 aliphatic rings. The minimum absolute atomic E-state index is 0. The molecule has 0 spiro atoms. The van der Waals surface area contributed by atoms with E-state index in [1.54, 1.807) is 36.4 Å². The first-order valence-corrected chi connectivity index (χ1v) is 12.1. The Morgan fingerprint density at radius 1 is 1.00 bits per heavy atom. The number of ether oxygens (including phenoxy) is 2. The van der Waals surface area contributed by atoms with Crippen LogP contribution in [-0.2, 0) is 4.74 Å². The molecule has 2 aromatic rings. The second-order valence-corrected chi connectivity index (χ2v) is 8.22. The van der Waals surface area contributed by atoms with Gasteiger partial charge in [-0.25, -0.2) is 9.59 Å². The van der Waals surface area contributed by atoms with Crippen LogP contribution in [0.15, 0.2) is 54.6 Å². The molecule has 1 saturated heterocycles. The van der Waals surface area contributed by atoms with Crippen molar-refractivity contribution in [2.75, 3.05) is 43.5 Å². The van der Waals surface area contributed by atoms with E-state index < -0.39 is 18.3 Å². The molecule has 1 heterocycles. The lowest BCUT2D eigenvalue weighted by Gasteiger charge is -2.29. The summed E-state index contributed by atoms with van der Waals surface area (Å²) in [7, 11) is 0. The van der Waals surface area contributed by atoms with Crippen molar-refractivity contribution in [2.24, 2.45) is 0 Å². The predicted octanol–water partition coefficient (Wildman–Crippen LogP) is 5.46. The van der Waals surface area contributed by atoms with Gasteiger partial charge in [-0.05, 0) is 56.6 Å². The molecule has 1 atom stereocenters. The number of carboxylic acid groups (broad SMARTS) is 1. The average molecular weight is 524 g/mol. The molecule has 1 aliphatic heterocycles. The second kappa shape index (κ2) is 18.3. The molecule has 200 valence electrons. The number of nitrogens with one attached hydrogen (secondary N) is 2. The van der Waals surface area contributed by atoms with Crippen LogP contribution >= 0.6 is 12.4 Å². The fraction of sp³-hybridized carbons (Fsp3) is 0.462. The van der Waals surface area contributed by atoms with Gasteiger partial charge in [0.1, 0.15) is 11.9 Å². The van der Waals surface area contributed by atoms with Gasteiger partial charge in [-0.2, -0.15) is 0 Å². The topological polar surface area (TPSA) is 120 Å². The number of piperidine rings is 1. The Labute approximate surface area is 219 Å². The van der Waals surface area contributed by atoms with E-state index in [9.17, 15) is 14.7 Å². The molecule has 2 amide bonds. The van der Waals surface area contributed by atoms with E-state index in [4.69, 9.17) is 14.6 Å². The van der Waals surface area contributed by atoms with Gasteiger partial charge >= 0.3 is 12.2 Å². The van der Waals surface area contributed by atoms with Crippen LogP contribution in [0.25, 0.3) is 0 Å². The summed E-state index contributed by atoms with van der Waals surface area (Å²) in [6, 6.07) is 16.0. The molecule has 0 bridgehead atoms. The molecule has 3 rings (SSSR count). The number of aliphatic hydroxyl groups excluding tert-OH is 1. The van der Waals surface area contributed by atoms with Gasteiger partial charge in [0.25, 0.3) is 0 Å². The lowest BCUT2D eigenvalue weighted by Crippen LogP contribution is -2.40. The maximum Gasteiger partial charge on any atom is 0.412 e. The van der Waals surface area contributed by atoms with Crippen LogP contribution in [-0.4, -0.2) is 66.3 Å². The number of likely N-dealkylation sites (tertiary alicyclic amines) is 1. The third-order valence-corrected chi connectivity index (χ3v) is 5.26. The fourth-order valence-corrected chi connectivity index (χ4v) is 3.50. The van der Waals surface area contributed by atoms with Gasteiger partial charge < -0.3 is 19.7 Å². The number of benzene rings is 2. The molecule has 0 radical (unpaired) electrons.